The molecule has 1 radical (unpaired) electrons. The van der Waals surface area contributed by atoms with Gasteiger partial charge in [0.15, 0.2) is 0 Å². The summed E-state index contributed by atoms with van der Waals surface area (Å²) in [6.45, 7) is 0. The summed E-state index contributed by atoms with van der Waals surface area (Å²) in [5.74, 6) is 0. The summed E-state index contributed by atoms with van der Waals surface area (Å²) in [4.78, 5) is 24.8. The Morgan fingerprint density at radius 1 is 0.471 bits per heavy atom. The Morgan fingerprint density at radius 3 is 0.471 bits per heavy atom. The molecule has 0 rings (SSSR count). The van der Waals surface area contributed by atoms with Crippen LogP contribution in [-0.2, 0) is 0 Å². The summed E-state index contributed by atoms with van der Waals surface area (Å²) in [5.41, 5.74) is 0. The van der Waals surface area contributed by atoms with Gasteiger partial charge < -0.3 is 67.9 Å². The first-order chi connectivity index (χ1) is 5.20. The van der Waals surface area contributed by atoms with Crippen LogP contribution in [0.4, 0.5) is 0 Å². The van der Waals surface area contributed by atoms with Crippen molar-refractivity contribution < 1.29 is 78.0 Å². The standard InChI is InChI=1S/3NO3.Nd.4H2O/c3*2-1(3)4;;;;;/h;;;;4*1H2/q3*-1;+3;;;;. The van der Waals surface area contributed by atoms with E-state index in [1.165, 1.54) is 0 Å². The van der Waals surface area contributed by atoms with Crippen molar-refractivity contribution >= 4 is 0 Å². The number of hydrogen-bond acceptors (Lipinski definition) is 9. The maximum Gasteiger partial charge on any atom is 3.00 e. The van der Waals surface area contributed by atoms with E-state index in [9.17, 15) is 0 Å². The summed E-state index contributed by atoms with van der Waals surface area (Å²) in [5, 5.41) is 44.2. The zero-order valence-corrected chi connectivity index (χ0v) is 10.7. The summed E-state index contributed by atoms with van der Waals surface area (Å²) < 4.78 is 0. The van der Waals surface area contributed by atoms with Crippen molar-refractivity contribution in [3.05, 3.63) is 46.0 Å². The Balaban J connectivity index is -0.0000000104. The molecule has 0 saturated carbocycles. The minimum Gasteiger partial charge on any atom is -0.412 e. The number of hydrogen-bond donors (Lipinski definition) is 0. The Labute approximate surface area is 124 Å². The largest absolute Gasteiger partial charge is 3.00 e. The van der Waals surface area contributed by atoms with Crippen molar-refractivity contribution in [1.29, 1.82) is 0 Å². The van der Waals surface area contributed by atoms with Crippen LogP contribution >= 0.6 is 0 Å². The van der Waals surface area contributed by atoms with E-state index in [1.807, 2.05) is 0 Å². The molecule has 105 valence electrons. The topological polar surface area (TPSA) is 325 Å². The van der Waals surface area contributed by atoms with Gasteiger partial charge in [-0.3, -0.25) is 0 Å². The molecule has 16 nitrogen and oxygen atoms in total. The molecule has 0 aromatic heterocycles. The van der Waals surface area contributed by atoms with E-state index < -0.39 is 15.3 Å². The number of rotatable bonds is 0. The van der Waals surface area contributed by atoms with E-state index in [2.05, 4.69) is 0 Å². The van der Waals surface area contributed by atoms with Crippen LogP contribution in [0.25, 0.3) is 0 Å². The molecule has 8 N–H and O–H groups in total. The second-order valence-corrected chi connectivity index (χ2v) is 0.671. The molecule has 0 fully saturated rings. The van der Waals surface area contributed by atoms with Gasteiger partial charge >= 0.3 is 40.8 Å². The fourth-order valence-electron chi connectivity index (χ4n) is 0. The minimum absolute atomic E-state index is 0. The average molecular weight is 402 g/mol. The predicted molar refractivity (Wildman–Crippen MR) is 45.5 cm³/mol. The predicted octanol–water partition coefficient (Wildman–Crippen LogP) is -4.02. The van der Waals surface area contributed by atoms with Crippen LogP contribution < -0.4 is 0 Å². The monoisotopic (exact) mass is 400 g/mol. The quantitative estimate of drug-likeness (QED) is 0.280. The van der Waals surface area contributed by atoms with Crippen molar-refractivity contribution in [3.63, 3.8) is 0 Å². The molecule has 0 aliphatic carbocycles. The summed E-state index contributed by atoms with van der Waals surface area (Å²) >= 11 is 0. The van der Waals surface area contributed by atoms with E-state index in [0.717, 1.165) is 0 Å². The van der Waals surface area contributed by atoms with Crippen LogP contribution in [0.1, 0.15) is 0 Å². The molecule has 0 aromatic rings. The second kappa shape index (κ2) is 46.3. The first kappa shape index (κ1) is 56.9. The van der Waals surface area contributed by atoms with Crippen molar-refractivity contribution in [1.82, 2.24) is 0 Å². The Hall–Kier alpha value is -1.21. The van der Waals surface area contributed by atoms with Crippen LogP contribution in [0.5, 0.6) is 0 Å². The van der Waals surface area contributed by atoms with Gasteiger partial charge in [-0.05, 0) is 0 Å². The van der Waals surface area contributed by atoms with Gasteiger partial charge in [0, 0.05) is 0 Å². The fourth-order valence-corrected chi connectivity index (χ4v) is 0. The third-order valence-corrected chi connectivity index (χ3v) is 0. The summed E-state index contributed by atoms with van der Waals surface area (Å²) in [6, 6.07) is 0. The molecule has 17 heavy (non-hydrogen) atoms. The molecule has 0 spiro atoms. The van der Waals surface area contributed by atoms with Gasteiger partial charge in [0.1, 0.15) is 0 Å². The van der Waals surface area contributed by atoms with Crippen molar-refractivity contribution in [3.8, 4) is 0 Å². The third-order valence-electron chi connectivity index (χ3n) is 0. The van der Waals surface area contributed by atoms with E-state index in [-0.39, 0.29) is 62.7 Å². The van der Waals surface area contributed by atoms with Crippen molar-refractivity contribution in [2.24, 2.45) is 0 Å². The molecule has 0 saturated heterocycles. The molecular weight excluding hydrogens is 394 g/mol. The van der Waals surface area contributed by atoms with Crippen LogP contribution in [-0.4, -0.2) is 37.2 Å². The Bertz CT molecular complexity index is 114. The second-order valence-electron chi connectivity index (χ2n) is 0.671. The fraction of sp³-hybridized carbons (Fsp3) is 0. The molecule has 0 aromatic carbocycles. The van der Waals surface area contributed by atoms with Gasteiger partial charge in [-0.1, -0.05) is 0 Å². The van der Waals surface area contributed by atoms with Gasteiger partial charge in [0.25, 0.3) is 0 Å². The van der Waals surface area contributed by atoms with Gasteiger partial charge in [0.2, 0.25) is 0 Å². The smallest absolute Gasteiger partial charge is 0.412 e. The van der Waals surface area contributed by atoms with Crippen molar-refractivity contribution in [2.75, 3.05) is 0 Å². The summed E-state index contributed by atoms with van der Waals surface area (Å²) in [7, 11) is 0. The van der Waals surface area contributed by atoms with Crippen LogP contribution in [0.2, 0.25) is 0 Å². The van der Waals surface area contributed by atoms with Gasteiger partial charge in [-0.15, -0.1) is 0 Å². The Kier molecular flexibility index (Phi) is 155. The van der Waals surface area contributed by atoms with Crippen LogP contribution in [0, 0.1) is 86.8 Å². The molecule has 0 unspecified atom stereocenters. The molecule has 0 aliphatic heterocycles. The van der Waals surface area contributed by atoms with Crippen LogP contribution in [0.3, 0.4) is 0 Å². The van der Waals surface area contributed by atoms with Gasteiger partial charge in [-0.2, -0.15) is 0 Å². The van der Waals surface area contributed by atoms with E-state index in [0.29, 0.717) is 0 Å². The third kappa shape index (κ3) is 1650. The Morgan fingerprint density at radius 2 is 0.471 bits per heavy atom. The molecule has 0 bridgehead atoms. The summed E-state index contributed by atoms with van der Waals surface area (Å²) in [6.07, 6.45) is 0. The first-order valence-electron chi connectivity index (χ1n) is 1.64. The maximum absolute atomic E-state index is 8.25. The molecule has 0 amide bonds. The molecule has 0 atom stereocenters. The zero-order chi connectivity index (χ0) is 10.7. The van der Waals surface area contributed by atoms with Gasteiger partial charge in [0.05, 0.1) is 15.3 Å². The molecule has 0 aliphatic rings. The van der Waals surface area contributed by atoms with E-state index in [1.54, 1.807) is 0 Å². The maximum atomic E-state index is 8.25. The average Bonchev–Trinajstić information content (AvgIpc) is 1.54. The zero-order valence-electron chi connectivity index (χ0n) is 7.52. The molecule has 17 heteroatoms. The molecular formula is H8N3NdO13. The SMILES string of the molecule is O.O.O.O.O=[N+]([O-])[O-].O=[N+]([O-])[O-].O=[N+]([O-])[O-].[Nd+3]. The first-order valence-corrected chi connectivity index (χ1v) is 1.64. The number of nitrogens with zero attached hydrogens (tertiary/aromatic N) is 3. The van der Waals surface area contributed by atoms with E-state index >= 15 is 0 Å². The minimum atomic E-state index is -1.75. The normalized spacial score (nSPS) is 4.24. The van der Waals surface area contributed by atoms with E-state index in [4.69, 9.17) is 46.0 Å². The van der Waals surface area contributed by atoms with Crippen molar-refractivity contribution in [2.45, 2.75) is 0 Å². The van der Waals surface area contributed by atoms with Crippen LogP contribution in [0.15, 0.2) is 0 Å². The molecule has 0 heterocycles. The van der Waals surface area contributed by atoms with Gasteiger partial charge in [-0.25, -0.2) is 0 Å².